The zero-order valence-electron chi connectivity index (χ0n) is 22.7. The zero-order chi connectivity index (χ0) is 28.5. The van der Waals surface area contributed by atoms with Gasteiger partial charge in [0.25, 0.3) is 11.8 Å². The third-order valence-corrected chi connectivity index (χ3v) is 7.83. The molecular weight excluding hydrogens is 512 g/mol. The Bertz CT molecular complexity index is 1520. The van der Waals surface area contributed by atoms with E-state index in [9.17, 15) is 14.4 Å². The molecule has 1 unspecified atom stereocenters. The smallest absolute Gasteiger partial charge is 0.273 e. The van der Waals surface area contributed by atoms with E-state index in [2.05, 4.69) is 28.5 Å². The first-order valence-electron chi connectivity index (χ1n) is 12.8. The Morgan fingerprint density at radius 1 is 1.10 bits per heavy atom. The maximum Gasteiger partial charge on any atom is 0.273 e. The van der Waals surface area contributed by atoms with Crippen molar-refractivity contribution in [1.29, 1.82) is 0 Å². The molecule has 39 heavy (non-hydrogen) atoms. The Balaban J connectivity index is 1.96. The maximum absolute atomic E-state index is 14.3. The quantitative estimate of drug-likeness (QED) is 0.230. The average Bonchev–Trinajstić information content (AvgIpc) is 3.50. The molecule has 9 nitrogen and oxygen atoms in total. The molecule has 0 aliphatic heterocycles. The van der Waals surface area contributed by atoms with E-state index in [0.717, 1.165) is 28.0 Å². The van der Waals surface area contributed by atoms with Crippen LogP contribution in [0.4, 0.5) is 11.4 Å². The topological polar surface area (TPSA) is 147 Å². The van der Waals surface area contributed by atoms with Crippen molar-refractivity contribution in [2.75, 3.05) is 10.6 Å². The Kier molecular flexibility index (Phi) is 7.78. The van der Waals surface area contributed by atoms with E-state index in [1.165, 1.54) is 4.90 Å². The van der Waals surface area contributed by atoms with Crippen LogP contribution in [-0.2, 0) is 4.79 Å². The number of nitrogens with one attached hydrogen (secondary N) is 2. The number of rotatable bonds is 9. The van der Waals surface area contributed by atoms with Gasteiger partial charge in [0.15, 0.2) is 5.69 Å². The number of benzene rings is 2. The van der Waals surface area contributed by atoms with Crippen LogP contribution in [0.1, 0.15) is 84.3 Å². The van der Waals surface area contributed by atoms with Crippen LogP contribution in [0.5, 0.6) is 0 Å². The minimum absolute atomic E-state index is 0.0316. The number of nitrogen functional groups attached to an aromatic ring is 1. The second-order valence-corrected chi connectivity index (χ2v) is 11.3. The molecule has 2 heterocycles. The number of aromatic amines is 1. The number of amides is 3. The fraction of sp³-hybridized carbons (Fsp3) is 0.310. The van der Waals surface area contributed by atoms with Crippen LogP contribution < -0.4 is 21.7 Å². The largest absolute Gasteiger partial charge is 0.395 e. The molecule has 6 N–H and O–H groups in total. The van der Waals surface area contributed by atoms with Gasteiger partial charge in [-0.25, -0.2) is 0 Å². The van der Waals surface area contributed by atoms with Gasteiger partial charge in [0, 0.05) is 33.9 Å². The van der Waals surface area contributed by atoms with Crippen LogP contribution in [0.15, 0.2) is 54.7 Å². The van der Waals surface area contributed by atoms with E-state index in [1.807, 2.05) is 69.3 Å². The van der Waals surface area contributed by atoms with E-state index >= 15 is 0 Å². The third kappa shape index (κ3) is 5.51. The molecule has 1 atom stereocenters. The molecule has 4 aromatic rings. The van der Waals surface area contributed by atoms with Gasteiger partial charge in [-0.05, 0) is 61.5 Å². The fourth-order valence-corrected chi connectivity index (χ4v) is 5.09. The number of nitrogens with two attached hydrogens (primary N) is 2. The highest BCUT2D eigenvalue weighted by Gasteiger charge is 2.38. The van der Waals surface area contributed by atoms with E-state index < -0.39 is 23.4 Å². The first-order chi connectivity index (χ1) is 18.4. The normalized spacial score (nSPS) is 12.5. The number of hydrogen-bond acceptors (Lipinski definition) is 6. The SMILES string of the molecule is CCC(C)(C)NC(=O)C(c1c[nH]c2ccccc12)N(C(=O)c1snc(C(N)=O)c1N)c1ccc(C(C)C)cc1. The summed E-state index contributed by atoms with van der Waals surface area (Å²) in [4.78, 5) is 45.0. The number of carbonyl (C=O) groups is 3. The van der Waals surface area contributed by atoms with Crippen LogP contribution in [0.3, 0.4) is 0 Å². The lowest BCUT2D eigenvalue weighted by molar-refractivity contribution is -0.124. The van der Waals surface area contributed by atoms with Gasteiger partial charge in [0.05, 0.1) is 5.69 Å². The minimum Gasteiger partial charge on any atom is -0.395 e. The number of anilines is 2. The molecule has 0 spiro atoms. The molecule has 3 amide bonds. The molecule has 2 aromatic heterocycles. The summed E-state index contributed by atoms with van der Waals surface area (Å²) < 4.78 is 4.03. The second-order valence-electron chi connectivity index (χ2n) is 10.5. The van der Waals surface area contributed by atoms with Gasteiger partial charge in [-0.2, -0.15) is 4.37 Å². The summed E-state index contributed by atoms with van der Waals surface area (Å²) in [7, 11) is 0. The average molecular weight is 547 g/mol. The molecule has 0 saturated carbocycles. The Morgan fingerprint density at radius 2 is 1.77 bits per heavy atom. The first-order valence-corrected chi connectivity index (χ1v) is 13.6. The van der Waals surface area contributed by atoms with Gasteiger partial charge in [-0.15, -0.1) is 0 Å². The molecule has 10 heteroatoms. The zero-order valence-corrected chi connectivity index (χ0v) is 23.6. The Morgan fingerprint density at radius 3 is 2.36 bits per heavy atom. The number of hydrogen-bond donors (Lipinski definition) is 4. The molecule has 0 fully saturated rings. The van der Waals surface area contributed by atoms with Crippen molar-refractivity contribution < 1.29 is 14.4 Å². The van der Waals surface area contributed by atoms with Crippen LogP contribution in [0.2, 0.25) is 0 Å². The number of para-hydroxylation sites is 1. The summed E-state index contributed by atoms with van der Waals surface area (Å²) in [6.45, 7) is 10.0. The van der Waals surface area contributed by atoms with Crippen molar-refractivity contribution in [3.8, 4) is 0 Å². The summed E-state index contributed by atoms with van der Waals surface area (Å²) in [6.07, 6.45) is 2.43. The Labute approximate surface area is 231 Å². The van der Waals surface area contributed by atoms with Crippen molar-refractivity contribution in [3.63, 3.8) is 0 Å². The highest BCUT2D eigenvalue weighted by Crippen LogP contribution is 2.36. The number of aromatic nitrogens is 2. The monoisotopic (exact) mass is 546 g/mol. The van der Waals surface area contributed by atoms with Crippen LogP contribution in [0.25, 0.3) is 10.9 Å². The number of fused-ring (bicyclic) bond motifs is 1. The van der Waals surface area contributed by atoms with Gasteiger partial charge < -0.3 is 21.8 Å². The Hall–Kier alpha value is -4.18. The highest BCUT2D eigenvalue weighted by atomic mass is 32.1. The lowest BCUT2D eigenvalue weighted by Crippen LogP contribution is -2.50. The summed E-state index contributed by atoms with van der Waals surface area (Å²) in [5.74, 6) is -1.47. The molecule has 0 bridgehead atoms. The number of H-pyrrole nitrogens is 1. The van der Waals surface area contributed by atoms with Crippen molar-refractivity contribution in [2.45, 2.75) is 58.5 Å². The predicted molar refractivity (Wildman–Crippen MR) is 156 cm³/mol. The fourth-order valence-electron chi connectivity index (χ4n) is 4.35. The minimum atomic E-state index is -1.07. The molecule has 4 rings (SSSR count). The van der Waals surface area contributed by atoms with Crippen molar-refractivity contribution >= 4 is 51.5 Å². The third-order valence-electron chi connectivity index (χ3n) is 6.98. The van der Waals surface area contributed by atoms with Gasteiger partial charge in [0.2, 0.25) is 5.91 Å². The second kappa shape index (κ2) is 10.9. The molecule has 0 saturated heterocycles. The summed E-state index contributed by atoms with van der Waals surface area (Å²) >= 11 is 0.785. The molecule has 2 aromatic carbocycles. The summed E-state index contributed by atoms with van der Waals surface area (Å²) in [6, 6.07) is 14.0. The van der Waals surface area contributed by atoms with Gasteiger partial charge in [-0.3, -0.25) is 19.3 Å². The van der Waals surface area contributed by atoms with Crippen LogP contribution in [0, 0.1) is 0 Å². The van der Waals surface area contributed by atoms with Crippen molar-refractivity contribution in [3.05, 3.63) is 76.4 Å². The van der Waals surface area contributed by atoms with Crippen molar-refractivity contribution in [1.82, 2.24) is 14.7 Å². The van der Waals surface area contributed by atoms with Crippen LogP contribution >= 0.6 is 11.5 Å². The van der Waals surface area contributed by atoms with E-state index in [1.54, 1.807) is 6.20 Å². The number of nitrogens with zero attached hydrogens (tertiary/aromatic N) is 2. The molecule has 0 aliphatic carbocycles. The highest BCUT2D eigenvalue weighted by molar-refractivity contribution is 7.09. The standard InChI is InChI=1S/C29H34N6O3S/c1-6-29(4,5)33-27(37)24(20-15-32-21-10-8-7-9-19(20)21)35(18-13-11-17(12-14-18)16(2)3)28(38)25-22(30)23(26(31)36)34-39-25/h7-16,24,32H,6,30H2,1-5H3,(H2,31,36)(H,33,37). The maximum atomic E-state index is 14.3. The lowest BCUT2D eigenvalue weighted by Gasteiger charge is -2.34. The molecule has 0 radical (unpaired) electrons. The first kappa shape index (κ1) is 27.8. The van der Waals surface area contributed by atoms with Gasteiger partial charge in [-0.1, -0.05) is 51.1 Å². The number of carbonyl (C=O) groups excluding carboxylic acids is 3. The molecular formula is C29H34N6O3S. The van der Waals surface area contributed by atoms with Gasteiger partial charge in [0.1, 0.15) is 10.9 Å². The van der Waals surface area contributed by atoms with E-state index in [-0.39, 0.29) is 28.1 Å². The summed E-state index contributed by atoms with van der Waals surface area (Å²) in [5.41, 5.74) is 13.8. The van der Waals surface area contributed by atoms with Gasteiger partial charge >= 0.3 is 0 Å². The summed E-state index contributed by atoms with van der Waals surface area (Å²) in [5, 5.41) is 3.92. The lowest BCUT2D eigenvalue weighted by atomic mass is 9.97. The van der Waals surface area contributed by atoms with E-state index in [4.69, 9.17) is 11.5 Å². The van der Waals surface area contributed by atoms with Crippen molar-refractivity contribution in [2.24, 2.45) is 5.73 Å². The molecule has 204 valence electrons. The van der Waals surface area contributed by atoms with E-state index in [0.29, 0.717) is 17.7 Å². The van der Waals surface area contributed by atoms with Crippen LogP contribution in [-0.4, -0.2) is 32.6 Å². The predicted octanol–water partition coefficient (Wildman–Crippen LogP) is 5.12. The number of primary amides is 1. The molecule has 0 aliphatic rings.